The molecular formula is C11H11NO2. The Kier molecular flexibility index (Phi) is 2.23. The van der Waals surface area contributed by atoms with E-state index < -0.39 is 0 Å². The van der Waals surface area contributed by atoms with Crippen LogP contribution >= 0.6 is 0 Å². The van der Waals surface area contributed by atoms with Gasteiger partial charge in [-0.2, -0.15) is 0 Å². The molecule has 0 saturated carbocycles. The summed E-state index contributed by atoms with van der Waals surface area (Å²) < 4.78 is 10.5. The molecule has 0 atom stereocenters. The van der Waals surface area contributed by atoms with Crippen LogP contribution in [0.5, 0.6) is 5.75 Å². The highest BCUT2D eigenvalue weighted by Crippen LogP contribution is 2.22. The fraction of sp³-hybridized carbons (Fsp3) is 0.182. The smallest absolute Gasteiger partial charge is 0.170 e. The van der Waals surface area contributed by atoms with Gasteiger partial charge in [0.2, 0.25) is 0 Å². The predicted octanol–water partition coefficient (Wildman–Crippen LogP) is 2.70. The monoisotopic (exact) mass is 189 g/mol. The number of benzene rings is 1. The zero-order valence-corrected chi connectivity index (χ0v) is 7.99. The van der Waals surface area contributed by atoms with Crippen LogP contribution in [0.3, 0.4) is 0 Å². The molecule has 0 aliphatic heterocycles. The van der Waals surface area contributed by atoms with Crippen LogP contribution in [-0.2, 0) is 0 Å². The highest BCUT2D eigenvalue weighted by Gasteiger charge is 2.04. The van der Waals surface area contributed by atoms with Gasteiger partial charge >= 0.3 is 0 Å². The van der Waals surface area contributed by atoms with Crippen molar-refractivity contribution in [3.63, 3.8) is 0 Å². The van der Waals surface area contributed by atoms with E-state index in [1.807, 2.05) is 25.1 Å². The van der Waals surface area contributed by atoms with Crippen molar-refractivity contribution in [3.8, 4) is 5.75 Å². The minimum absolute atomic E-state index is 0.499. The summed E-state index contributed by atoms with van der Waals surface area (Å²) >= 11 is 0. The Morgan fingerprint density at radius 2 is 2.43 bits per heavy atom. The first kappa shape index (κ1) is 8.81. The van der Waals surface area contributed by atoms with Gasteiger partial charge in [0, 0.05) is 11.5 Å². The van der Waals surface area contributed by atoms with Gasteiger partial charge in [-0.15, -0.1) is 0 Å². The van der Waals surface area contributed by atoms with Gasteiger partial charge in [0.1, 0.15) is 12.4 Å². The maximum atomic E-state index is 5.37. The summed E-state index contributed by atoms with van der Waals surface area (Å²) in [5.41, 5.74) is 1.65. The van der Waals surface area contributed by atoms with E-state index in [1.54, 1.807) is 6.08 Å². The van der Waals surface area contributed by atoms with Crippen molar-refractivity contribution in [2.75, 3.05) is 6.61 Å². The summed E-state index contributed by atoms with van der Waals surface area (Å²) in [6.07, 6.45) is 1.70. The van der Waals surface area contributed by atoms with Crippen LogP contribution in [0.25, 0.3) is 11.0 Å². The first-order chi connectivity index (χ1) is 6.81. The van der Waals surface area contributed by atoms with Gasteiger partial charge in [-0.05, 0) is 19.1 Å². The van der Waals surface area contributed by atoms with E-state index in [0.717, 1.165) is 22.4 Å². The fourth-order valence-corrected chi connectivity index (χ4v) is 1.29. The molecule has 1 aromatic heterocycles. The van der Waals surface area contributed by atoms with Crippen LogP contribution in [0.2, 0.25) is 0 Å². The van der Waals surface area contributed by atoms with E-state index in [1.165, 1.54) is 0 Å². The second-order valence-corrected chi connectivity index (χ2v) is 3.03. The van der Waals surface area contributed by atoms with E-state index in [-0.39, 0.29) is 0 Å². The molecule has 1 aromatic carbocycles. The summed E-state index contributed by atoms with van der Waals surface area (Å²) in [5, 5.41) is 4.89. The third kappa shape index (κ3) is 1.48. The molecule has 0 amide bonds. The zero-order chi connectivity index (χ0) is 9.97. The van der Waals surface area contributed by atoms with Crippen LogP contribution in [0.1, 0.15) is 5.69 Å². The lowest BCUT2D eigenvalue weighted by atomic mass is 10.2. The van der Waals surface area contributed by atoms with Crippen molar-refractivity contribution >= 4 is 11.0 Å². The number of hydrogen-bond donors (Lipinski definition) is 0. The molecule has 3 nitrogen and oxygen atoms in total. The van der Waals surface area contributed by atoms with Crippen molar-refractivity contribution < 1.29 is 9.26 Å². The topological polar surface area (TPSA) is 35.3 Å². The maximum absolute atomic E-state index is 5.37. The number of aromatic nitrogens is 1. The lowest BCUT2D eigenvalue weighted by Crippen LogP contribution is -1.91. The maximum Gasteiger partial charge on any atom is 0.170 e. The second kappa shape index (κ2) is 3.54. The molecule has 1 heterocycles. The van der Waals surface area contributed by atoms with Gasteiger partial charge in [0.15, 0.2) is 5.58 Å². The first-order valence-corrected chi connectivity index (χ1v) is 4.41. The fourth-order valence-electron chi connectivity index (χ4n) is 1.29. The molecule has 0 radical (unpaired) electrons. The molecule has 2 rings (SSSR count). The van der Waals surface area contributed by atoms with Crippen molar-refractivity contribution in [2.45, 2.75) is 6.92 Å². The van der Waals surface area contributed by atoms with Gasteiger partial charge in [-0.25, -0.2) is 0 Å². The third-order valence-corrected chi connectivity index (χ3v) is 1.99. The van der Waals surface area contributed by atoms with E-state index >= 15 is 0 Å². The number of fused-ring (bicyclic) bond motifs is 1. The van der Waals surface area contributed by atoms with Crippen LogP contribution in [0.15, 0.2) is 35.4 Å². The molecule has 0 saturated heterocycles. The predicted molar refractivity (Wildman–Crippen MR) is 54.4 cm³/mol. The van der Waals surface area contributed by atoms with Gasteiger partial charge in [0.05, 0.1) is 5.69 Å². The minimum atomic E-state index is 0.499. The summed E-state index contributed by atoms with van der Waals surface area (Å²) in [6, 6.07) is 5.68. The Balaban J connectivity index is 2.36. The molecule has 0 spiro atoms. The lowest BCUT2D eigenvalue weighted by Gasteiger charge is -2.01. The third-order valence-electron chi connectivity index (χ3n) is 1.99. The molecule has 2 aromatic rings. The normalized spacial score (nSPS) is 10.4. The Morgan fingerprint density at radius 3 is 3.21 bits per heavy atom. The standard InChI is InChI=1S/C11H11NO2/c1-3-6-13-9-4-5-10-8(2)12-14-11(10)7-9/h3-5,7H,1,6H2,2H3. The van der Waals surface area contributed by atoms with E-state index in [2.05, 4.69) is 11.7 Å². The molecule has 0 aliphatic carbocycles. The van der Waals surface area contributed by atoms with E-state index in [0.29, 0.717) is 6.61 Å². The SMILES string of the molecule is C=CCOc1ccc2c(C)noc2c1. The molecule has 0 aliphatic rings. The Hall–Kier alpha value is -1.77. The zero-order valence-electron chi connectivity index (χ0n) is 7.99. The summed E-state index contributed by atoms with van der Waals surface area (Å²) in [6.45, 7) is 5.99. The average Bonchev–Trinajstić information content (AvgIpc) is 2.57. The summed E-state index contributed by atoms with van der Waals surface area (Å²) in [4.78, 5) is 0. The number of nitrogens with zero attached hydrogens (tertiary/aromatic N) is 1. The van der Waals surface area contributed by atoms with Crippen LogP contribution < -0.4 is 4.74 Å². The number of aryl methyl sites for hydroxylation is 1. The van der Waals surface area contributed by atoms with E-state index in [4.69, 9.17) is 9.26 Å². The van der Waals surface area contributed by atoms with Crippen LogP contribution in [0, 0.1) is 6.92 Å². The number of ether oxygens (including phenoxy) is 1. The van der Waals surface area contributed by atoms with Crippen LogP contribution in [0.4, 0.5) is 0 Å². The Morgan fingerprint density at radius 1 is 1.57 bits per heavy atom. The van der Waals surface area contributed by atoms with Crippen molar-refractivity contribution in [1.82, 2.24) is 5.16 Å². The quantitative estimate of drug-likeness (QED) is 0.696. The lowest BCUT2D eigenvalue weighted by molar-refractivity contribution is 0.362. The van der Waals surface area contributed by atoms with Gasteiger partial charge in [-0.1, -0.05) is 17.8 Å². The summed E-state index contributed by atoms with van der Waals surface area (Å²) in [7, 11) is 0. The molecule has 0 N–H and O–H groups in total. The Bertz CT molecular complexity index is 459. The van der Waals surface area contributed by atoms with Gasteiger partial charge in [-0.3, -0.25) is 0 Å². The van der Waals surface area contributed by atoms with Gasteiger partial charge in [0.25, 0.3) is 0 Å². The highest BCUT2D eigenvalue weighted by molar-refractivity contribution is 5.80. The molecule has 14 heavy (non-hydrogen) atoms. The average molecular weight is 189 g/mol. The highest BCUT2D eigenvalue weighted by atomic mass is 16.5. The minimum Gasteiger partial charge on any atom is -0.489 e. The first-order valence-electron chi connectivity index (χ1n) is 4.41. The Labute approximate surface area is 82.0 Å². The molecule has 0 bridgehead atoms. The van der Waals surface area contributed by atoms with Gasteiger partial charge < -0.3 is 9.26 Å². The van der Waals surface area contributed by atoms with E-state index in [9.17, 15) is 0 Å². The second-order valence-electron chi connectivity index (χ2n) is 3.03. The number of rotatable bonds is 3. The molecule has 72 valence electrons. The largest absolute Gasteiger partial charge is 0.489 e. The molecule has 3 heteroatoms. The summed E-state index contributed by atoms with van der Waals surface area (Å²) in [5.74, 6) is 0.772. The molecular weight excluding hydrogens is 178 g/mol. The molecule has 0 fully saturated rings. The van der Waals surface area contributed by atoms with Crippen LogP contribution in [-0.4, -0.2) is 11.8 Å². The van der Waals surface area contributed by atoms with Crippen molar-refractivity contribution in [1.29, 1.82) is 0 Å². The number of hydrogen-bond acceptors (Lipinski definition) is 3. The van der Waals surface area contributed by atoms with Crippen molar-refractivity contribution in [2.24, 2.45) is 0 Å². The van der Waals surface area contributed by atoms with Crippen molar-refractivity contribution in [3.05, 3.63) is 36.5 Å². The molecule has 0 unspecified atom stereocenters.